The number of sulfone groups is 1. The Morgan fingerprint density at radius 1 is 1.32 bits per heavy atom. The molecule has 0 aromatic rings. The smallest absolute Gasteiger partial charge is 0.309 e. The van der Waals surface area contributed by atoms with Gasteiger partial charge in [0.25, 0.3) is 0 Å². The molecule has 1 saturated carbocycles. The van der Waals surface area contributed by atoms with Crippen molar-refractivity contribution in [3.8, 4) is 0 Å². The molecular weight excluding hydrogens is 264 g/mol. The fourth-order valence-electron chi connectivity index (χ4n) is 2.93. The minimum atomic E-state index is -3.08. The maximum Gasteiger partial charge on any atom is 0.309 e. The summed E-state index contributed by atoms with van der Waals surface area (Å²) in [4.78, 5) is 11.6. The minimum Gasteiger partial charge on any atom is -0.481 e. The zero-order valence-corrected chi connectivity index (χ0v) is 13.0. The van der Waals surface area contributed by atoms with Crippen LogP contribution in [0.2, 0.25) is 0 Å². The molecule has 1 rings (SSSR count). The molecule has 0 aromatic carbocycles. The van der Waals surface area contributed by atoms with Crippen molar-refractivity contribution >= 4 is 15.8 Å². The number of rotatable bonds is 6. The summed E-state index contributed by atoms with van der Waals surface area (Å²) < 4.78 is 23.2. The van der Waals surface area contributed by atoms with Gasteiger partial charge in [0.2, 0.25) is 0 Å². The average Bonchev–Trinajstić information content (AvgIpc) is 2.36. The van der Waals surface area contributed by atoms with E-state index in [2.05, 4.69) is 13.8 Å². The highest BCUT2D eigenvalue weighted by atomic mass is 32.2. The fourth-order valence-corrected chi connectivity index (χ4v) is 3.92. The van der Waals surface area contributed by atoms with Crippen LogP contribution in [0.3, 0.4) is 0 Å². The fraction of sp³-hybridized carbons (Fsp3) is 0.929. The lowest BCUT2D eigenvalue weighted by Gasteiger charge is -2.38. The molecule has 112 valence electrons. The van der Waals surface area contributed by atoms with E-state index in [9.17, 15) is 18.3 Å². The number of hydrogen-bond donors (Lipinski definition) is 1. The van der Waals surface area contributed by atoms with E-state index >= 15 is 0 Å². The van der Waals surface area contributed by atoms with Gasteiger partial charge in [-0.15, -0.1) is 0 Å². The first kappa shape index (κ1) is 16.5. The van der Waals surface area contributed by atoms with Crippen LogP contribution in [-0.4, -0.2) is 31.0 Å². The number of hydrogen-bond acceptors (Lipinski definition) is 3. The number of carboxylic acid groups (broad SMARTS) is 1. The molecule has 0 amide bonds. The van der Waals surface area contributed by atoms with Crippen molar-refractivity contribution in [3.05, 3.63) is 0 Å². The Hall–Kier alpha value is -0.580. The van der Waals surface area contributed by atoms with Gasteiger partial charge >= 0.3 is 5.97 Å². The maximum absolute atomic E-state index is 11.6. The molecule has 1 fully saturated rings. The van der Waals surface area contributed by atoms with Crippen molar-refractivity contribution in [1.82, 2.24) is 0 Å². The Labute approximate surface area is 116 Å². The highest BCUT2D eigenvalue weighted by Gasteiger charge is 2.42. The van der Waals surface area contributed by atoms with E-state index in [1.54, 1.807) is 6.92 Å². The molecule has 0 aliphatic heterocycles. The summed E-state index contributed by atoms with van der Waals surface area (Å²) >= 11 is 0. The van der Waals surface area contributed by atoms with E-state index in [-0.39, 0.29) is 17.9 Å². The zero-order chi connectivity index (χ0) is 14.7. The van der Waals surface area contributed by atoms with Crippen LogP contribution < -0.4 is 0 Å². The van der Waals surface area contributed by atoms with Crippen LogP contribution in [0.4, 0.5) is 0 Å². The molecule has 1 aliphatic carbocycles. The largest absolute Gasteiger partial charge is 0.481 e. The average molecular weight is 290 g/mol. The molecular formula is C14H26O4S. The second-order valence-corrected chi connectivity index (χ2v) is 8.63. The number of aliphatic carboxylic acids is 1. The summed E-state index contributed by atoms with van der Waals surface area (Å²) in [5, 5.41) is 9.49. The van der Waals surface area contributed by atoms with Gasteiger partial charge in [0.1, 0.15) is 9.84 Å². The van der Waals surface area contributed by atoms with Gasteiger partial charge < -0.3 is 5.11 Å². The van der Waals surface area contributed by atoms with Gasteiger partial charge in [-0.05, 0) is 43.9 Å². The minimum absolute atomic E-state index is 0.00213. The highest BCUT2D eigenvalue weighted by Crippen LogP contribution is 2.44. The van der Waals surface area contributed by atoms with Crippen LogP contribution in [0, 0.1) is 17.3 Å². The SMILES string of the molecule is CCS(=O)(=O)CCC1(C(=O)O)CCC(C(C)C)CC1. The van der Waals surface area contributed by atoms with Gasteiger partial charge in [-0.25, -0.2) is 8.42 Å². The molecule has 0 atom stereocenters. The summed E-state index contributed by atoms with van der Waals surface area (Å²) in [5.41, 5.74) is -0.812. The third-order valence-corrected chi connectivity index (χ3v) is 6.42. The van der Waals surface area contributed by atoms with Crippen LogP contribution in [0.15, 0.2) is 0 Å². The van der Waals surface area contributed by atoms with Crippen LogP contribution in [-0.2, 0) is 14.6 Å². The predicted molar refractivity (Wildman–Crippen MR) is 75.8 cm³/mol. The van der Waals surface area contributed by atoms with Gasteiger partial charge in [0.05, 0.1) is 11.2 Å². The Morgan fingerprint density at radius 2 is 1.84 bits per heavy atom. The lowest BCUT2D eigenvalue weighted by molar-refractivity contribution is -0.152. The second kappa shape index (κ2) is 6.25. The molecule has 0 bridgehead atoms. The monoisotopic (exact) mass is 290 g/mol. The van der Waals surface area contributed by atoms with Crippen molar-refractivity contribution in [3.63, 3.8) is 0 Å². The standard InChI is InChI=1S/C14H26O4S/c1-4-19(17,18)10-9-14(13(15)16)7-5-12(6-8-14)11(2)3/h11-12H,4-10H2,1-3H3,(H,15,16). The Morgan fingerprint density at radius 3 is 2.21 bits per heavy atom. The van der Waals surface area contributed by atoms with Crippen molar-refractivity contribution < 1.29 is 18.3 Å². The van der Waals surface area contributed by atoms with E-state index in [0.717, 1.165) is 12.8 Å². The number of carboxylic acids is 1. The summed E-state index contributed by atoms with van der Waals surface area (Å²) in [6.45, 7) is 5.94. The second-order valence-electron chi connectivity index (χ2n) is 6.15. The topological polar surface area (TPSA) is 71.4 Å². The van der Waals surface area contributed by atoms with Crippen LogP contribution >= 0.6 is 0 Å². The van der Waals surface area contributed by atoms with Crippen LogP contribution in [0.5, 0.6) is 0 Å². The van der Waals surface area contributed by atoms with E-state index in [4.69, 9.17) is 0 Å². The molecule has 1 N–H and O–H groups in total. The third kappa shape index (κ3) is 4.20. The van der Waals surface area contributed by atoms with Crippen molar-refractivity contribution in [2.75, 3.05) is 11.5 Å². The third-order valence-electron chi connectivity index (χ3n) is 4.72. The van der Waals surface area contributed by atoms with Gasteiger partial charge in [0.15, 0.2) is 0 Å². The first-order chi connectivity index (χ1) is 8.72. The molecule has 0 aromatic heterocycles. The van der Waals surface area contributed by atoms with Crippen LogP contribution in [0.25, 0.3) is 0 Å². The Bertz CT molecular complexity index is 403. The Balaban J connectivity index is 2.71. The molecule has 0 unspecified atom stereocenters. The summed E-state index contributed by atoms with van der Waals surface area (Å²) in [6.07, 6.45) is 3.30. The van der Waals surface area contributed by atoms with Gasteiger partial charge in [0, 0.05) is 5.75 Å². The summed E-state index contributed by atoms with van der Waals surface area (Å²) in [7, 11) is -3.08. The quantitative estimate of drug-likeness (QED) is 0.816. The first-order valence-corrected chi connectivity index (χ1v) is 8.98. The molecule has 5 heteroatoms. The Kier molecular flexibility index (Phi) is 5.42. The maximum atomic E-state index is 11.6. The lowest BCUT2D eigenvalue weighted by atomic mass is 9.67. The summed E-state index contributed by atoms with van der Waals surface area (Å²) in [5.74, 6) is 0.432. The van der Waals surface area contributed by atoms with E-state index in [1.807, 2.05) is 0 Å². The van der Waals surface area contributed by atoms with E-state index < -0.39 is 21.2 Å². The van der Waals surface area contributed by atoms with E-state index in [1.165, 1.54) is 0 Å². The van der Waals surface area contributed by atoms with Gasteiger partial charge in [-0.3, -0.25) is 4.79 Å². The molecule has 0 heterocycles. The highest BCUT2D eigenvalue weighted by molar-refractivity contribution is 7.91. The molecule has 0 spiro atoms. The summed E-state index contributed by atoms with van der Waals surface area (Å²) in [6, 6.07) is 0. The number of carbonyl (C=O) groups is 1. The van der Waals surface area contributed by atoms with Gasteiger partial charge in [-0.1, -0.05) is 20.8 Å². The predicted octanol–water partition coefficient (Wildman–Crippen LogP) is 2.73. The van der Waals surface area contributed by atoms with Crippen molar-refractivity contribution in [1.29, 1.82) is 0 Å². The first-order valence-electron chi connectivity index (χ1n) is 7.16. The molecule has 1 aliphatic rings. The zero-order valence-electron chi connectivity index (χ0n) is 12.2. The van der Waals surface area contributed by atoms with Crippen molar-refractivity contribution in [2.24, 2.45) is 17.3 Å². The van der Waals surface area contributed by atoms with E-state index in [0.29, 0.717) is 24.7 Å². The molecule has 4 nitrogen and oxygen atoms in total. The molecule has 0 radical (unpaired) electrons. The van der Waals surface area contributed by atoms with Crippen LogP contribution in [0.1, 0.15) is 52.9 Å². The lowest BCUT2D eigenvalue weighted by Crippen LogP contribution is -2.38. The van der Waals surface area contributed by atoms with Gasteiger partial charge in [-0.2, -0.15) is 0 Å². The van der Waals surface area contributed by atoms with Crippen molar-refractivity contribution in [2.45, 2.75) is 52.9 Å². The molecule has 19 heavy (non-hydrogen) atoms. The molecule has 0 saturated heterocycles. The normalized spacial score (nSPS) is 28.5.